The molecule has 9 heteroatoms. The molecule has 4 rings (SSSR count). The van der Waals surface area contributed by atoms with Gasteiger partial charge in [0.15, 0.2) is 11.3 Å². The van der Waals surface area contributed by atoms with Crippen LogP contribution in [0, 0.1) is 5.92 Å². The van der Waals surface area contributed by atoms with Crippen molar-refractivity contribution in [2.75, 3.05) is 13.1 Å². The summed E-state index contributed by atoms with van der Waals surface area (Å²) in [7, 11) is 0. The molecule has 0 aromatic carbocycles. The second-order valence-corrected chi connectivity index (χ2v) is 8.57. The van der Waals surface area contributed by atoms with Crippen molar-refractivity contribution < 1.29 is 18.0 Å². The van der Waals surface area contributed by atoms with E-state index in [1.165, 1.54) is 11.3 Å². The third kappa shape index (κ3) is 3.88. The summed E-state index contributed by atoms with van der Waals surface area (Å²) < 4.78 is 42.0. The number of carbonyl (C=O) groups is 1. The summed E-state index contributed by atoms with van der Waals surface area (Å²) in [6.07, 6.45) is -2.97. The first-order valence-corrected chi connectivity index (χ1v) is 10.4. The van der Waals surface area contributed by atoms with Gasteiger partial charge in [-0.3, -0.25) is 4.79 Å². The first-order chi connectivity index (χ1) is 13.7. The Labute approximate surface area is 170 Å². The van der Waals surface area contributed by atoms with Crippen LogP contribution >= 0.6 is 11.3 Å². The number of nitrogens with zero attached hydrogens (tertiary/aromatic N) is 4. The molecule has 1 unspecified atom stereocenters. The van der Waals surface area contributed by atoms with Crippen LogP contribution in [0.5, 0.6) is 0 Å². The molecule has 0 saturated carbocycles. The molecule has 0 bridgehead atoms. The molecule has 0 N–H and O–H groups in total. The Hall–Kier alpha value is -2.42. The molecule has 1 fully saturated rings. The minimum Gasteiger partial charge on any atom is -0.342 e. The van der Waals surface area contributed by atoms with Crippen molar-refractivity contribution in [1.82, 2.24) is 19.5 Å². The molecule has 29 heavy (non-hydrogen) atoms. The van der Waals surface area contributed by atoms with E-state index in [1.807, 2.05) is 13.8 Å². The van der Waals surface area contributed by atoms with Gasteiger partial charge in [-0.2, -0.15) is 18.3 Å². The number of amides is 1. The van der Waals surface area contributed by atoms with Gasteiger partial charge in [-0.05, 0) is 30.4 Å². The fourth-order valence-corrected chi connectivity index (χ4v) is 4.41. The van der Waals surface area contributed by atoms with Crippen molar-refractivity contribution in [3.63, 3.8) is 0 Å². The number of piperidine rings is 1. The van der Waals surface area contributed by atoms with Crippen LogP contribution in [0.1, 0.15) is 44.0 Å². The zero-order valence-electron chi connectivity index (χ0n) is 16.1. The number of hydrogen-bond acceptors (Lipinski definition) is 4. The van der Waals surface area contributed by atoms with Gasteiger partial charge < -0.3 is 4.90 Å². The van der Waals surface area contributed by atoms with E-state index >= 15 is 0 Å². The van der Waals surface area contributed by atoms with Crippen LogP contribution in [0.15, 0.2) is 29.6 Å². The topological polar surface area (TPSA) is 50.5 Å². The number of likely N-dealkylation sites (tertiary alicyclic amines) is 1. The molecule has 1 amide bonds. The van der Waals surface area contributed by atoms with Crippen LogP contribution in [0.25, 0.3) is 16.2 Å². The van der Waals surface area contributed by atoms with Gasteiger partial charge in [0.25, 0.3) is 0 Å². The molecule has 5 nitrogen and oxygen atoms in total. The Bertz CT molecular complexity index is 1030. The first kappa shape index (κ1) is 19.9. The van der Waals surface area contributed by atoms with Gasteiger partial charge in [-0.1, -0.05) is 19.9 Å². The number of alkyl halides is 3. The number of thiophene rings is 1. The van der Waals surface area contributed by atoms with Crippen LogP contribution in [0.3, 0.4) is 0 Å². The second kappa shape index (κ2) is 7.44. The highest BCUT2D eigenvalue weighted by molar-refractivity contribution is 7.13. The predicted octanol–water partition coefficient (Wildman–Crippen LogP) is 4.84. The quantitative estimate of drug-likeness (QED) is 0.607. The lowest BCUT2D eigenvalue weighted by Crippen LogP contribution is -2.41. The summed E-state index contributed by atoms with van der Waals surface area (Å²) in [6, 6.07) is 6.20. The number of carbonyl (C=O) groups excluding carboxylic acids is 1. The van der Waals surface area contributed by atoms with E-state index in [9.17, 15) is 18.0 Å². The molecule has 3 aromatic rings. The molecule has 0 spiro atoms. The van der Waals surface area contributed by atoms with Crippen molar-refractivity contribution in [1.29, 1.82) is 0 Å². The Kier molecular flexibility index (Phi) is 5.10. The molecule has 154 valence electrons. The lowest BCUT2D eigenvalue weighted by atomic mass is 9.94. The molecular formula is C20H21F3N4OS. The highest BCUT2D eigenvalue weighted by Crippen LogP contribution is 2.35. The molecule has 1 saturated heterocycles. The summed E-state index contributed by atoms with van der Waals surface area (Å²) in [6.45, 7) is 4.85. The normalized spacial score (nSPS) is 18.0. The van der Waals surface area contributed by atoms with Crippen LogP contribution in [0.4, 0.5) is 13.2 Å². The van der Waals surface area contributed by atoms with Gasteiger partial charge in [0.05, 0.1) is 16.3 Å². The number of aromatic nitrogens is 3. The summed E-state index contributed by atoms with van der Waals surface area (Å²) in [5.41, 5.74) is 0.160. The molecule has 3 aromatic heterocycles. The molecule has 1 aliphatic rings. The third-order valence-corrected chi connectivity index (χ3v) is 6.05. The van der Waals surface area contributed by atoms with Gasteiger partial charge in [0, 0.05) is 31.0 Å². The maximum atomic E-state index is 13.7. The van der Waals surface area contributed by atoms with Crippen LogP contribution in [-0.2, 0) is 11.0 Å². The van der Waals surface area contributed by atoms with Crippen molar-refractivity contribution in [2.24, 2.45) is 5.92 Å². The lowest BCUT2D eigenvalue weighted by Gasteiger charge is -2.33. The monoisotopic (exact) mass is 422 g/mol. The minimum absolute atomic E-state index is 0.0625. The zero-order chi connectivity index (χ0) is 20.8. The summed E-state index contributed by atoms with van der Waals surface area (Å²) in [4.78, 5) is 19.2. The average Bonchev–Trinajstić information content (AvgIpc) is 3.35. The van der Waals surface area contributed by atoms with Gasteiger partial charge in [0.2, 0.25) is 5.91 Å². The van der Waals surface area contributed by atoms with E-state index in [0.717, 1.165) is 23.4 Å². The Morgan fingerprint density at radius 2 is 2.10 bits per heavy atom. The predicted molar refractivity (Wildman–Crippen MR) is 105 cm³/mol. The van der Waals surface area contributed by atoms with Crippen molar-refractivity contribution >= 4 is 22.9 Å². The standard InChI is InChI=1S/C20H21F3N4OS/c1-12(2)19(28)26-7-3-5-13(11-26)14-10-18-24-15(16-6-4-8-29-16)9-17(20(21,22)23)27(18)25-14/h4,6,8-10,12-13H,3,5,7,11H2,1-2H3. The molecule has 4 heterocycles. The van der Waals surface area contributed by atoms with E-state index in [1.54, 1.807) is 28.5 Å². The molecular weight excluding hydrogens is 401 g/mol. The molecule has 1 atom stereocenters. The Morgan fingerprint density at radius 3 is 2.76 bits per heavy atom. The minimum atomic E-state index is -4.55. The molecule has 0 radical (unpaired) electrons. The fraction of sp³-hybridized carbons (Fsp3) is 0.450. The van der Waals surface area contributed by atoms with Crippen LogP contribution in [-0.4, -0.2) is 38.5 Å². The van der Waals surface area contributed by atoms with Crippen molar-refractivity contribution in [3.8, 4) is 10.6 Å². The Balaban J connectivity index is 1.74. The number of fused-ring (bicyclic) bond motifs is 1. The lowest BCUT2D eigenvalue weighted by molar-refractivity contribution is -0.142. The number of halogens is 3. The summed E-state index contributed by atoms with van der Waals surface area (Å²) >= 11 is 1.34. The molecule has 1 aliphatic heterocycles. The van der Waals surface area contributed by atoms with Gasteiger partial charge in [-0.15, -0.1) is 11.3 Å². The van der Waals surface area contributed by atoms with Gasteiger partial charge >= 0.3 is 6.18 Å². The van der Waals surface area contributed by atoms with E-state index in [-0.39, 0.29) is 29.1 Å². The second-order valence-electron chi connectivity index (χ2n) is 7.62. The number of hydrogen-bond donors (Lipinski definition) is 0. The average molecular weight is 422 g/mol. The SMILES string of the molecule is CC(C)C(=O)N1CCCC(c2cc3nc(-c4cccs4)cc(C(F)(F)F)n3n2)C1. The third-order valence-electron chi connectivity index (χ3n) is 5.16. The largest absolute Gasteiger partial charge is 0.433 e. The van der Waals surface area contributed by atoms with E-state index < -0.39 is 11.9 Å². The van der Waals surface area contributed by atoms with Crippen molar-refractivity contribution in [2.45, 2.75) is 38.8 Å². The van der Waals surface area contributed by atoms with E-state index in [2.05, 4.69) is 10.1 Å². The van der Waals surface area contributed by atoms with E-state index in [4.69, 9.17) is 0 Å². The fourth-order valence-electron chi connectivity index (χ4n) is 3.73. The van der Waals surface area contributed by atoms with Crippen LogP contribution in [0.2, 0.25) is 0 Å². The van der Waals surface area contributed by atoms with Gasteiger partial charge in [0.1, 0.15) is 0 Å². The maximum Gasteiger partial charge on any atom is 0.433 e. The van der Waals surface area contributed by atoms with Crippen molar-refractivity contribution in [3.05, 3.63) is 41.0 Å². The summed E-state index contributed by atoms with van der Waals surface area (Å²) in [5.74, 6) is -0.145. The van der Waals surface area contributed by atoms with Gasteiger partial charge in [-0.25, -0.2) is 9.50 Å². The summed E-state index contributed by atoms with van der Waals surface area (Å²) in [5, 5.41) is 6.07. The smallest absolute Gasteiger partial charge is 0.342 e. The maximum absolute atomic E-state index is 13.7. The van der Waals surface area contributed by atoms with Crippen LogP contribution < -0.4 is 0 Å². The first-order valence-electron chi connectivity index (χ1n) is 9.54. The highest BCUT2D eigenvalue weighted by atomic mass is 32.1. The zero-order valence-corrected chi connectivity index (χ0v) is 16.9. The highest BCUT2D eigenvalue weighted by Gasteiger charge is 2.36. The van der Waals surface area contributed by atoms with E-state index in [0.29, 0.717) is 23.7 Å². The number of rotatable bonds is 3. The molecule has 0 aliphatic carbocycles. The Morgan fingerprint density at radius 1 is 1.31 bits per heavy atom.